The molecule has 1 aliphatic heterocycles. The first kappa shape index (κ1) is 13.9. The Balaban J connectivity index is 1.96. The van der Waals surface area contributed by atoms with E-state index in [1.165, 1.54) is 18.4 Å². The van der Waals surface area contributed by atoms with Crippen molar-refractivity contribution in [3.8, 4) is 0 Å². The standard InChI is InChI=1S/C15H22ClNO/c1-2-17-15(10-9-12-6-5-11-18-12)13-7-3-4-8-14(13)16/h3-4,7-8,12,15,17H,2,5-6,9-11H2,1H3. The summed E-state index contributed by atoms with van der Waals surface area (Å²) in [6.07, 6.45) is 5.07. The molecular weight excluding hydrogens is 246 g/mol. The lowest BCUT2D eigenvalue weighted by molar-refractivity contribution is 0.0996. The molecule has 1 N–H and O–H groups in total. The van der Waals surface area contributed by atoms with Crippen molar-refractivity contribution in [2.24, 2.45) is 0 Å². The second-order valence-electron chi connectivity index (χ2n) is 4.84. The van der Waals surface area contributed by atoms with E-state index >= 15 is 0 Å². The van der Waals surface area contributed by atoms with E-state index < -0.39 is 0 Å². The molecule has 0 saturated carbocycles. The third kappa shape index (κ3) is 3.71. The van der Waals surface area contributed by atoms with Gasteiger partial charge in [-0.2, -0.15) is 0 Å². The van der Waals surface area contributed by atoms with E-state index in [0.29, 0.717) is 12.1 Å². The Morgan fingerprint density at radius 1 is 1.44 bits per heavy atom. The number of nitrogens with one attached hydrogen (secondary N) is 1. The van der Waals surface area contributed by atoms with Crippen LogP contribution in [0.2, 0.25) is 5.02 Å². The minimum atomic E-state index is 0.341. The predicted octanol–water partition coefficient (Wildman–Crippen LogP) is 3.95. The Labute approximate surface area is 115 Å². The number of rotatable bonds is 6. The van der Waals surface area contributed by atoms with Crippen LogP contribution in [0.4, 0.5) is 0 Å². The highest BCUT2D eigenvalue weighted by Crippen LogP contribution is 2.28. The average Bonchev–Trinajstić information content (AvgIpc) is 2.88. The molecule has 2 rings (SSSR count). The summed E-state index contributed by atoms with van der Waals surface area (Å²) in [5.41, 5.74) is 1.21. The maximum Gasteiger partial charge on any atom is 0.0576 e. The molecule has 2 nitrogen and oxygen atoms in total. The van der Waals surface area contributed by atoms with Crippen LogP contribution in [0.5, 0.6) is 0 Å². The lowest BCUT2D eigenvalue weighted by atomic mass is 9.99. The van der Waals surface area contributed by atoms with Gasteiger partial charge in [-0.15, -0.1) is 0 Å². The van der Waals surface area contributed by atoms with E-state index in [2.05, 4.69) is 24.4 Å². The van der Waals surface area contributed by atoms with E-state index in [0.717, 1.165) is 31.0 Å². The van der Waals surface area contributed by atoms with Crippen molar-refractivity contribution in [1.29, 1.82) is 0 Å². The monoisotopic (exact) mass is 267 g/mol. The van der Waals surface area contributed by atoms with Gasteiger partial charge in [-0.05, 0) is 43.9 Å². The summed E-state index contributed by atoms with van der Waals surface area (Å²) in [5, 5.41) is 4.38. The smallest absolute Gasteiger partial charge is 0.0576 e. The van der Waals surface area contributed by atoms with Crippen molar-refractivity contribution in [2.75, 3.05) is 13.2 Å². The number of ether oxygens (including phenoxy) is 1. The fourth-order valence-electron chi connectivity index (χ4n) is 2.60. The van der Waals surface area contributed by atoms with Crippen LogP contribution in [0, 0.1) is 0 Å². The minimum Gasteiger partial charge on any atom is -0.378 e. The maximum absolute atomic E-state index is 6.28. The molecule has 0 spiro atoms. The number of hydrogen-bond acceptors (Lipinski definition) is 2. The second-order valence-corrected chi connectivity index (χ2v) is 5.25. The van der Waals surface area contributed by atoms with Gasteiger partial charge >= 0.3 is 0 Å². The van der Waals surface area contributed by atoms with E-state index in [9.17, 15) is 0 Å². The first-order chi connectivity index (χ1) is 8.81. The van der Waals surface area contributed by atoms with E-state index in [-0.39, 0.29) is 0 Å². The molecule has 1 aromatic rings. The topological polar surface area (TPSA) is 21.3 Å². The first-order valence-corrected chi connectivity index (χ1v) is 7.28. The van der Waals surface area contributed by atoms with Crippen molar-refractivity contribution in [2.45, 2.75) is 44.8 Å². The van der Waals surface area contributed by atoms with Gasteiger partial charge in [0.1, 0.15) is 0 Å². The molecule has 1 aromatic carbocycles. The van der Waals surface area contributed by atoms with Crippen molar-refractivity contribution in [3.05, 3.63) is 34.9 Å². The molecule has 18 heavy (non-hydrogen) atoms. The van der Waals surface area contributed by atoms with E-state index in [4.69, 9.17) is 16.3 Å². The fourth-order valence-corrected chi connectivity index (χ4v) is 2.86. The van der Waals surface area contributed by atoms with Gasteiger partial charge in [-0.1, -0.05) is 36.7 Å². The van der Waals surface area contributed by atoms with Crippen molar-refractivity contribution < 1.29 is 4.74 Å². The summed E-state index contributed by atoms with van der Waals surface area (Å²) in [7, 11) is 0. The highest BCUT2D eigenvalue weighted by Gasteiger charge is 2.19. The lowest BCUT2D eigenvalue weighted by Gasteiger charge is -2.21. The van der Waals surface area contributed by atoms with Gasteiger partial charge in [-0.3, -0.25) is 0 Å². The average molecular weight is 268 g/mol. The van der Waals surface area contributed by atoms with Crippen LogP contribution < -0.4 is 5.32 Å². The molecule has 1 fully saturated rings. The zero-order chi connectivity index (χ0) is 12.8. The summed E-state index contributed by atoms with van der Waals surface area (Å²) < 4.78 is 5.69. The molecule has 2 atom stereocenters. The summed E-state index contributed by atoms with van der Waals surface area (Å²) in [4.78, 5) is 0. The maximum atomic E-state index is 6.28. The van der Waals surface area contributed by atoms with Crippen LogP contribution in [-0.4, -0.2) is 19.3 Å². The normalized spacial score (nSPS) is 21.1. The summed E-state index contributed by atoms with van der Waals surface area (Å²) in [6, 6.07) is 8.46. The minimum absolute atomic E-state index is 0.341. The van der Waals surface area contributed by atoms with Crippen LogP contribution in [0.3, 0.4) is 0 Å². The van der Waals surface area contributed by atoms with Gasteiger partial charge in [0.05, 0.1) is 6.10 Å². The molecule has 1 saturated heterocycles. The fraction of sp³-hybridized carbons (Fsp3) is 0.600. The Bertz CT molecular complexity index is 363. The molecule has 0 bridgehead atoms. The highest BCUT2D eigenvalue weighted by molar-refractivity contribution is 6.31. The third-order valence-electron chi connectivity index (χ3n) is 3.53. The first-order valence-electron chi connectivity index (χ1n) is 6.90. The molecule has 0 amide bonds. The predicted molar refractivity (Wildman–Crippen MR) is 76.1 cm³/mol. The third-order valence-corrected chi connectivity index (χ3v) is 3.88. The Morgan fingerprint density at radius 3 is 2.94 bits per heavy atom. The van der Waals surface area contributed by atoms with Gasteiger partial charge in [0.15, 0.2) is 0 Å². The Morgan fingerprint density at radius 2 is 2.28 bits per heavy atom. The van der Waals surface area contributed by atoms with Gasteiger partial charge in [0.25, 0.3) is 0 Å². The summed E-state index contributed by atoms with van der Waals surface area (Å²) >= 11 is 6.28. The molecule has 100 valence electrons. The van der Waals surface area contributed by atoms with E-state index in [1.54, 1.807) is 0 Å². The molecule has 2 unspecified atom stereocenters. The molecule has 1 aliphatic rings. The molecule has 3 heteroatoms. The Kier molecular flexibility index (Phi) is 5.48. The Hall–Kier alpha value is -0.570. The quantitative estimate of drug-likeness (QED) is 0.843. The zero-order valence-corrected chi connectivity index (χ0v) is 11.7. The number of hydrogen-bond donors (Lipinski definition) is 1. The molecular formula is C15H22ClNO. The van der Waals surface area contributed by atoms with Crippen LogP contribution in [0.1, 0.15) is 44.2 Å². The molecule has 0 radical (unpaired) electrons. The van der Waals surface area contributed by atoms with Gasteiger partial charge < -0.3 is 10.1 Å². The van der Waals surface area contributed by atoms with Gasteiger partial charge in [0.2, 0.25) is 0 Å². The zero-order valence-electron chi connectivity index (χ0n) is 11.0. The lowest BCUT2D eigenvalue weighted by Crippen LogP contribution is -2.22. The van der Waals surface area contributed by atoms with Crippen LogP contribution >= 0.6 is 11.6 Å². The van der Waals surface area contributed by atoms with Crippen molar-refractivity contribution in [1.82, 2.24) is 5.32 Å². The molecule has 0 aromatic heterocycles. The molecule has 0 aliphatic carbocycles. The van der Waals surface area contributed by atoms with Crippen molar-refractivity contribution in [3.63, 3.8) is 0 Å². The van der Waals surface area contributed by atoms with Gasteiger partial charge in [0, 0.05) is 17.7 Å². The largest absolute Gasteiger partial charge is 0.378 e. The summed E-state index contributed by atoms with van der Waals surface area (Å²) in [6.45, 7) is 4.03. The molecule has 1 heterocycles. The SMILES string of the molecule is CCNC(CCC1CCCO1)c1ccccc1Cl. The second kappa shape index (κ2) is 7.13. The van der Waals surface area contributed by atoms with Crippen LogP contribution in [-0.2, 0) is 4.74 Å². The van der Waals surface area contributed by atoms with Crippen LogP contribution in [0.25, 0.3) is 0 Å². The summed E-state index contributed by atoms with van der Waals surface area (Å²) in [5.74, 6) is 0. The van der Waals surface area contributed by atoms with Crippen molar-refractivity contribution >= 4 is 11.6 Å². The van der Waals surface area contributed by atoms with Gasteiger partial charge in [-0.25, -0.2) is 0 Å². The van der Waals surface area contributed by atoms with E-state index in [1.807, 2.05) is 12.1 Å². The highest BCUT2D eigenvalue weighted by atomic mass is 35.5. The number of benzene rings is 1. The number of halogens is 1. The van der Waals surface area contributed by atoms with Crippen LogP contribution in [0.15, 0.2) is 24.3 Å².